The highest BCUT2D eigenvalue weighted by Gasteiger charge is 2.05. The zero-order valence-electron chi connectivity index (χ0n) is 11.5. The van der Waals surface area contributed by atoms with Crippen molar-refractivity contribution in [3.05, 3.63) is 48.0 Å². The lowest BCUT2D eigenvalue weighted by atomic mass is 10.1. The lowest BCUT2D eigenvalue weighted by Gasteiger charge is -2.11. The molecule has 2 N–H and O–H groups in total. The van der Waals surface area contributed by atoms with Gasteiger partial charge < -0.3 is 15.0 Å². The molecule has 1 aromatic heterocycles. The van der Waals surface area contributed by atoms with E-state index in [0.29, 0.717) is 6.61 Å². The van der Waals surface area contributed by atoms with Gasteiger partial charge in [0.2, 0.25) is 0 Å². The molecule has 0 saturated carbocycles. The van der Waals surface area contributed by atoms with E-state index in [2.05, 4.69) is 23.4 Å². The maximum absolute atomic E-state index is 5.98. The van der Waals surface area contributed by atoms with Crippen LogP contribution in [-0.2, 0) is 13.2 Å². The second kappa shape index (κ2) is 6.38. The monoisotopic (exact) mass is 259 g/mol. The molecule has 0 aliphatic rings. The van der Waals surface area contributed by atoms with Crippen LogP contribution >= 0.6 is 0 Å². The smallest absolute Gasteiger partial charge is 0.146 e. The molecule has 4 nitrogen and oxygen atoms in total. The molecule has 2 aromatic rings. The van der Waals surface area contributed by atoms with Gasteiger partial charge in [-0.15, -0.1) is 0 Å². The van der Waals surface area contributed by atoms with Gasteiger partial charge in [0.1, 0.15) is 18.2 Å². The van der Waals surface area contributed by atoms with Crippen molar-refractivity contribution < 1.29 is 4.74 Å². The number of imidazole rings is 1. The van der Waals surface area contributed by atoms with E-state index >= 15 is 0 Å². The highest BCUT2D eigenvalue weighted by atomic mass is 16.5. The first-order chi connectivity index (χ1) is 9.24. The van der Waals surface area contributed by atoms with Crippen LogP contribution in [0.5, 0.6) is 5.75 Å². The number of hydrogen-bond donors (Lipinski definition) is 1. The number of ether oxygens (including phenoxy) is 1. The number of aryl methyl sites for hydroxylation is 1. The van der Waals surface area contributed by atoms with Crippen LogP contribution in [0.3, 0.4) is 0 Å². The summed E-state index contributed by atoms with van der Waals surface area (Å²) < 4.78 is 7.81. The van der Waals surface area contributed by atoms with Crippen LogP contribution in [0.2, 0.25) is 0 Å². The second-order valence-corrected chi connectivity index (χ2v) is 4.50. The summed E-state index contributed by atoms with van der Waals surface area (Å²) in [5.41, 5.74) is 7.12. The van der Waals surface area contributed by atoms with Gasteiger partial charge in [-0.1, -0.05) is 19.1 Å². The fourth-order valence-electron chi connectivity index (χ4n) is 1.96. The standard InChI is InChI=1S/C15H21N3O/c1-3-14(16)12-5-7-13(8-6-12)19-11-15-17-9-10-18(15)4-2/h5-10,14H,3-4,11,16H2,1-2H3. The summed E-state index contributed by atoms with van der Waals surface area (Å²) >= 11 is 0. The normalized spacial score (nSPS) is 12.4. The van der Waals surface area contributed by atoms with Crippen LogP contribution in [-0.4, -0.2) is 9.55 Å². The van der Waals surface area contributed by atoms with E-state index in [1.165, 1.54) is 0 Å². The Morgan fingerprint density at radius 3 is 2.63 bits per heavy atom. The first-order valence-corrected chi connectivity index (χ1v) is 6.73. The molecule has 1 aromatic carbocycles. The van der Waals surface area contributed by atoms with E-state index in [4.69, 9.17) is 10.5 Å². The van der Waals surface area contributed by atoms with E-state index in [-0.39, 0.29) is 6.04 Å². The number of nitrogens with zero attached hydrogens (tertiary/aromatic N) is 2. The molecule has 0 aliphatic carbocycles. The average Bonchev–Trinajstić information content (AvgIpc) is 2.92. The number of nitrogens with two attached hydrogens (primary N) is 1. The van der Waals surface area contributed by atoms with Crippen LogP contribution in [0.4, 0.5) is 0 Å². The van der Waals surface area contributed by atoms with E-state index < -0.39 is 0 Å². The molecular weight excluding hydrogens is 238 g/mol. The quantitative estimate of drug-likeness (QED) is 0.867. The minimum absolute atomic E-state index is 0.105. The van der Waals surface area contributed by atoms with Crippen molar-refractivity contribution in [3.8, 4) is 5.75 Å². The van der Waals surface area contributed by atoms with Crippen molar-refractivity contribution in [3.63, 3.8) is 0 Å². The molecule has 0 fully saturated rings. The minimum Gasteiger partial charge on any atom is -0.486 e. The van der Waals surface area contributed by atoms with Crippen molar-refractivity contribution in [1.29, 1.82) is 0 Å². The zero-order chi connectivity index (χ0) is 13.7. The van der Waals surface area contributed by atoms with Crippen molar-refractivity contribution in [2.45, 2.75) is 39.5 Å². The third-order valence-corrected chi connectivity index (χ3v) is 3.26. The van der Waals surface area contributed by atoms with Crippen LogP contribution < -0.4 is 10.5 Å². The molecule has 19 heavy (non-hydrogen) atoms. The van der Waals surface area contributed by atoms with Gasteiger partial charge in [0.25, 0.3) is 0 Å². The maximum Gasteiger partial charge on any atom is 0.146 e. The summed E-state index contributed by atoms with van der Waals surface area (Å²) in [6, 6.07) is 8.08. The molecule has 0 amide bonds. The number of benzene rings is 1. The molecule has 1 unspecified atom stereocenters. The molecular formula is C15H21N3O. The third-order valence-electron chi connectivity index (χ3n) is 3.26. The summed E-state index contributed by atoms with van der Waals surface area (Å²) in [6.45, 7) is 5.56. The molecule has 0 saturated heterocycles. The topological polar surface area (TPSA) is 53.1 Å². The predicted octanol–water partition coefficient (Wildman–Crippen LogP) is 2.89. The Kier molecular flexibility index (Phi) is 4.58. The third kappa shape index (κ3) is 3.35. The molecule has 0 bridgehead atoms. The van der Waals surface area contributed by atoms with Crippen molar-refractivity contribution in [2.24, 2.45) is 5.73 Å². The fraction of sp³-hybridized carbons (Fsp3) is 0.400. The molecule has 102 valence electrons. The van der Waals surface area contributed by atoms with Crippen LogP contribution in [0.25, 0.3) is 0 Å². The Balaban J connectivity index is 1.96. The Morgan fingerprint density at radius 2 is 2.00 bits per heavy atom. The Hall–Kier alpha value is -1.81. The van der Waals surface area contributed by atoms with Crippen molar-refractivity contribution in [1.82, 2.24) is 9.55 Å². The molecule has 2 rings (SSSR count). The highest BCUT2D eigenvalue weighted by Crippen LogP contribution is 2.18. The van der Waals surface area contributed by atoms with Crippen molar-refractivity contribution in [2.75, 3.05) is 0 Å². The SMILES string of the molecule is CCC(N)c1ccc(OCc2nccn2CC)cc1. The van der Waals surface area contributed by atoms with Crippen molar-refractivity contribution >= 4 is 0 Å². The molecule has 1 atom stereocenters. The van der Waals surface area contributed by atoms with Gasteiger partial charge >= 0.3 is 0 Å². The van der Waals surface area contributed by atoms with Gasteiger partial charge in [-0.25, -0.2) is 4.98 Å². The average molecular weight is 259 g/mol. The van der Waals surface area contributed by atoms with Gasteiger partial charge in [0.15, 0.2) is 0 Å². The number of aromatic nitrogens is 2. The van der Waals surface area contributed by atoms with Gasteiger partial charge in [0.05, 0.1) is 0 Å². The molecule has 4 heteroatoms. The van der Waals surface area contributed by atoms with Gasteiger partial charge in [0, 0.05) is 25.0 Å². The highest BCUT2D eigenvalue weighted by molar-refractivity contribution is 5.29. The van der Waals surface area contributed by atoms with Gasteiger partial charge in [-0.2, -0.15) is 0 Å². The largest absolute Gasteiger partial charge is 0.486 e. The molecule has 0 aliphatic heterocycles. The molecule has 1 heterocycles. The van der Waals surface area contributed by atoms with Crippen LogP contribution in [0.15, 0.2) is 36.7 Å². The fourth-order valence-corrected chi connectivity index (χ4v) is 1.96. The Labute approximate surface area is 114 Å². The summed E-state index contributed by atoms with van der Waals surface area (Å²) in [5.74, 6) is 1.79. The number of hydrogen-bond acceptors (Lipinski definition) is 3. The molecule has 0 spiro atoms. The molecule has 0 radical (unpaired) electrons. The minimum atomic E-state index is 0.105. The predicted molar refractivity (Wildman–Crippen MR) is 75.9 cm³/mol. The van der Waals surface area contributed by atoms with E-state index in [9.17, 15) is 0 Å². The second-order valence-electron chi connectivity index (χ2n) is 4.50. The van der Waals surface area contributed by atoms with Gasteiger partial charge in [-0.3, -0.25) is 0 Å². The van der Waals surface area contributed by atoms with E-state index in [1.54, 1.807) is 6.20 Å². The Morgan fingerprint density at radius 1 is 1.26 bits per heavy atom. The van der Waals surface area contributed by atoms with Gasteiger partial charge in [-0.05, 0) is 31.0 Å². The number of rotatable bonds is 6. The summed E-state index contributed by atoms with van der Waals surface area (Å²) in [6.07, 6.45) is 4.70. The Bertz CT molecular complexity index is 504. The summed E-state index contributed by atoms with van der Waals surface area (Å²) in [7, 11) is 0. The van der Waals surface area contributed by atoms with E-state index in [0.717, 1.165) is 30.1 Å². The van der Waals surface area contributed by atoms with E-state index in [1.807, 2.05) is 30.5 Å². The summed E-state index contributed by atoms with van der Waals surface area (Å²) in [4.78, 5) is 4.28. The first-order valence-electron chi connectivity index (χ1n) is 6.73. The lowest BCUT2D eigenvalue weighted by molar-refractivity contribution is 0.290. The first kappa shape index (κ1) is 13.6. The maximum atomic E-state index is 5.98. The van der Waals surface area contributed by atoms with Crippen LogP contribution in [0, 0.1) is 0 Å². The zero-order valence-corrected chi connectivity index (χ0v) is 11.5. The van der Waals surface area contributed by atoms with Crippen LogP contribution in [0.1, 0.15) is 37.7 Å². The summed E-state index contributed by atoms with van der Waals surface area (Å²) in [5, 5.41) is 0. The lowest BCUT2D eigenvalue weighted by Crippen LogP contribution is -2.08.